The lowest BCUT2D eigenvalue weighted by atomic mass is 10.2. The quantitative estimate of drug-likeness (QED) is 0.782. The predicted octanol–water partition coefficient (Wildman–Crippen LogP) is 3.21. The van der Waals surface area contributed by atoms with Gasteiger partial charge in [0.15, 0.2) is 5.76 Å². The molecule has 0 saturated carbocycles. The van der Waals surface area contributed by atoms with Gasteiger partial charge in [-0.3, -0.25) is 4.79 Å². The summed E-state index contributed by atoms with van der Waals surface area (Å²) in [4.78, 5) is 16.1. The van der Waals surface area contributed by atoms with E-state index in [4.69, 9.17) is 8.94 Å². The third-order valence-corrected chi connectivity index (χ3v) is 3.08. The zero-order valence-electron chi connectivity index (χ0n) is 12.1. The number of carbonyl (C=O) groups excluding carboxylic acids is 1. The molecule has 112 valence electrons. The van der Waals surface area contributed by atoms with E-state index in [0.717, 1.165) is 11.3 Å². The lowest BCUT2D eigenvalue weighted by molar-refractivity contribution is -0.116. The molecule has 1 aromatic carbocycles. The van der Waals surface area contributed by atoms with E-state index in [1.165, 1.54) is 0 Å². The smallest absolute Gasteiger partial charge is 0.238 e. The summed E-state index contributed by atoms with van der Waals surface area (Å²) in [6, 6.07) is 11.1. The highest BCUT2D eigenvalue weighted by molar-refractivity contribution is 5.90. The molecule has 0 aliphatic carbocycles. The largest absolute Gasteiger partial charge is 0.461 e. The minimum Gasteiger partial charge on any atom is -0.461 e. The van der Waals surface area contributed by atoms with Gasteiger partial charge in [-0.1, -0.05) is 17.3 Å². The Balaban J connectivity index is 1.55. The Morgan fingerprint density at radius 3 is 2.95 bits per heavy atom. The van der Waals surface area contributed by atoms with Crippen molar-refractivity contribution < 1.29 is 13.7 Å². The van der Waals surface area contributed by atoms with E-state index >= 15 is 0 Å². The van der Waals surface area contributed by atoms with Crippen LogP contribution in [0.2, 0.25) is 0 Å². The van der Waals surface area contributed by atoms with Crippen LogP contribution >= 0.6 is 0 Å². The van der Waals surface area contributed by atoms with Gasteiger partial charge in [-0.05, 0) is 36.8 Å². The fraction of sp³-hybridized carbons (Fsp3) is 0.188. The summed E-state index contributed by atoms with van der Waals surface area (Å²) < 4.78 is 10.3. The average Bonchev–Trinajstić information content (AvgIpc) is 3.16. The number of nitrogens with zero attached hydrogens (tertiary/aromatic N) is 2. The molecule has 0 saturated heterocycles. The Hall–Kier alpha value is -2.89. The van der Waals surface area contributed by atoms with Crippen molar-refractivity contribution in [1.82, 2.24) is 10.1 Å². The number of carbonyl (C=O) groups is 1. The first-order chi connectivity index (χ1) is 10.7. The first-order valence-electron chi connectivity index (χ1n) is 6.94. The van der Waals surface area contributed by atoms with E-state index in [1.807, 2.05) is 31.2 Å². The number of rotatable bonds is 5. The van der Waals surface area contributed by atoms with Crippen LogP contribution in [0.4, 0.5) is 5.69 Å². The van der Waals surface area contributed by atoms with Crippen LogP contribution in [0.25, 0.3) is 11.6 Å². The van der Waals surface area contributed by atoms with Crippen molar-refractivity contribution in [2.24, 2.45) is 0 Å². The number of aryl methyl sites for hydroxylation is 2. The van der Waals surface area contributed by atoms with Crippen LogP contribution in [0, 0.1) is 6.92 Å². The summed E-state index contributed by atoms with van der Waals surface area (Å²) in [6.45, 7) is 1.98. The van der Waals surface area contributed by atoms with Crippen molar-refractivity contribution in [2.45, 2.75) is 19.8 Å². The van der Waals surface area contributed by atoms with Gasteiger partial charge in [0.25, 0.3) is 0 Å². The summed E-state index contributed by atoms with van der Waals surface area (Å²) >= 11 is 0. The van der Waals surface area contributed by atoms with Gasteiger partial charge < -0.3 is 14.3 Å². The summed E-state index contributed by atoms with van der Waals surface area (Å²) in [5.41, 5.74) is 1.88. The van der Waals surface area contributed by atoms with Crippen LogP contribution in [-0.4, -0.2) is 16.0 Å². The summed E-state index contributed by atoms with van der Waals surface area (Å²) in [5, 5.41) is 6.66. The highest BCUT2D eigenvalue weighted by atomic mass is 16.5. The number of amides is 1. The molecular weight excluding hydrogens is 282 g/mol. The van der Waals surface area contributed by atoms with Crippen LogP contribution < -0.4 is 5.32 Å². The van der Waals surface area contributed by atoms with Crippen molar-refractivity contribution in [2.75, 3.05) is 5.32 Å². The minimum absolute atomic E-state index is 0.0941. The molecule has 0 bridgehead atoms. The molecule has 3 aromatic rings. The standard InChI is InChI=1S/C16H15N3O3/c1-11-4-2-5-12(10-11)17-14(20)7-8-15-18-16(19-22-15)13-6-3-9-21-13/h2-6,9-10H,7-8H2,1H3,(H,17,20). The van der Waals surface area contributed by atoms with Crippen LogP contribution in [0.5, 0.6) is 0 Å². The number of benzene rings is 1. The topological polar surface area (TPSA) is 81.2 Å². The molecule has 0 radical (unpaired) electrons. The van der Waals surface area contributed by atoms with Crippen molar-refractivity contribution in [3.8, 4) is 11.6 Å². The van der Waals surface area contributed by atoms with E-state index < -0.39 is 0 Å². The number of furan rings is 1. The summed E-state index contributed by atoms with van der Waals surface area (Å²) in [7, 11) is 0. The van der Waals surface area contributed by atoms with Gasteiger partial charge in [-0.15, -0.1) is 0 Å². The molecule has 0 spiro atoms. The number of hydrogen-bond donors (Lipinski definition) is 1. The van der Waals surface area contributed by atoms with Crippen LogP contribution in [0.1, 0.15) is 17.9 Å². The molecule has 6 nitrogen and oxygen atoms in total. The van der Waals surface area contributed by atoms with Crippen LogP contribution in [-0.2, 0) is 11.2 Å². The maximum Gasteiger partial charge on any atom is 0.238 e. The van der Waals surface area contributed by atoms with E-state index in [-0.39, 0.29) is 12.3 Å². The van der Waals surface area contributed by atoms with Crippen molar-refractivity contribution >= 4 is 11.6 Å². The number of nitrogens with one attached hydrogen (secondary N) is 1. The Morgan fingerprint density at radius 1 is 1.27 bits per heavy atom. The van der Waals surface area contributed by atoms with E-state index in [0.29, 0.717) is 23.9 Å². The van der Waals surface area contributed by atoms with Crippen LogP contribution in [0.15, 0.2) is 51.6 Å². The maximum atomic E-state index is 11.9. The second-order valence-electron chi connectivity index (χ2n) is 4.91. The zero-order chi connectivity index (χ0) is 15.4. The van der Waals surface area contributed by atoms with Crippen molar-refractivity contribution in [3.05, 3.63) is 54.1 Å². The molecule has 0 atom stereocenters. The number of anilines is 1. The van der Waals surface area contributed by atoms with Gasteiger partial charge in [0, 0.05) is 18.5 Å². The van der Waals surface area contributed by atoms with E-state index in [1.54, 1.807) is 18.4 Å². The lowest BCUT2D eigenvalue weighted by Crippen LogP contribution is -2.12. The molecule has 22 heavy (non-hydrogen) atoms. The molecule has 0 fully saturated rings. The summed E-state index contributed by atoms with van der Waals surface area (Å²) in [5.74, 6) is 1.24. The molecule has 2 heterocycles. The fourth-order valence-electron chi connectivity index (χ4n) is 2.03. The van der Waals surface area contributed by atoms with Crippen molar-refractivity contribution in [1.29, 1.82) is 0 Å². The number of hydrogen-bond acceptors (Lipinski definition) is 5. The van der Waals surface area contributed by atoms with Gasteiger partial charge >= 0.3 is 0 Å². The SMILES string of the molecule is Cc1cccc(NC(=O)CCc2nc(-c3ccco3)no2)c1. The van der Waals surface area contributed by atoms with Gasteiger partial charge in [-0.2, -0.15) is 4.98 Å². The first kappa shape index (κ1) is 14.1. The Kier molecular flexibility index (Phi) is 4.00. The third kappa shape index (κ3) is 3.41. The fourth-order valence-corrected chi connectivity index (χ4v) is 2.03. The second-order valence-corrected chi connectivity index (χ2v) is 4.91. The maximum absolute atomic E-state index is 11.9. The Morgan fingerprint density at radius 2 is 2.18 bits per heavy atom. The first-order valence-corrected chi connectivity index (χ1v) is 6.94. The van der Waals surface area contributed by atoms with Gasteiger partial charge in [-0.25, -0.2) is 0 Å². The molecule has 2 aromatic heterocycles. The zero-order valence-corrected chi connectivity index (χ0v) is 12.1. The lowest BCUT2D eigenvalue weighted by Gasteiger charge is -2.04. The molecule has 3 rings (SSSR count). The Labute approximate surface area is 127 Å². The van der Waals surface area contributed by atoms with E-state index in [9.17, 15) is 4.79 Å². The molecule has 1 amide bonds. The average molecular weight is 297 g/mol. The van der Waals surface area contributed by atoms with Crippen LogP contribution in [0.3, 0.4) is 0 Å². The predicted molar refractivity (Wildman–Crippen MR) is 80.1 cm³/mol. The van der Waals surface area contributed by atoms with Gasteiger partial charge in [0.2, 0.25) is 17.6 Å². The second kappa shape index (κ2) is 6.26. The molecule has 0 unspecified atom stereocenters. The molecular formula is C16H15N3O3. The number of aromatic nitrogens is 2. The minimum atomic E-state index is -0.0941. The highest BCUT2D eigenvalue weighted by Gasteiger charge is 2.12. The van der Waals surface area contributed by atoms with Gasteiger partial charge in [0.1, 0.15) is 0 Å². The normalized spacial score (nSPS) is 10.6. The van der Waals surface area contributed by atoms with Gasteiger partial charge in [0.05, 0.1) is 6.26 Å². The third-order valence-electron chi connectivity index (χ3n) is 3.08. The molecule has 0 aliphatic rings. The molecule has 0 aliphatic heterocycles. The molecule has 1 N–H and O–H groups in total. The summed E-state index contributed by atoms with van der Waals surface area (Å²) in [6.07, 6.45) is 2.19. The van der Waals surface area contributed by atoms with E-state index in [2.05, 4.69) is 15.5 Å². The molecule has 6 heteroatoms. The Bertz CT molecular complexity index is 763. The monoisotopic (exact) mass is 297 g/mol. The van der Waals surface area contributed by atoms with Crippen molar-refractivity contribution in [3.63, 3.8) is 0 Å². The highest BCUT2D eigenvalue weighted by Crippen LogP contribution is 2.16.